The van der Waals surface area contributed by atoms with Gasteiger partial charge in [0.25, 0.3) is 0 Å². The Morgan fingerprint density at radius 2 is 1.92 bits per heavy atom. The molecule has 1 aromatic heterocycles. The number of fused-ring (bicyclic) bond motifs is 1. The van der Waals surface area contributed by atoms with Crippen LogP contribution in [0, 0.1) is 11.2 Å². The molecule has 0 radical (unpaired) electrons. The summed E-state index contributed by atoms with van der Waals surface area (Å²) in [6.07, 6.45) is 4.29. The molecular formula is C25H23ClFN5O4S. The number of aromatic nitrogens is 2. The number of benzene rings is 2. The fraction of sp³-hybridized carbons (Fsp3) is 0.320. The second-order valence-electron chi connectivity index (χ2n) is 9.93. The molecule has 1 aliphatic carbocycles. The van der Waals surface area contributed by atoms with Gasteiger partial charge in [0, 0.05) is 31.6 Å². The third kappa shape index (κ3) is 4.30. The fourth-order valence-corrected chi connectivity index (χ4v) is 6.35. The first-order valence-corrected chi connectivity index (χ1v) is 13.7. The minimum atomic E-state index is -3.78. The summed E-state index contributed by atoms with van der Waals surface area (Å²) in [6, 6.07) is 8.68. The summed E-state index contributed by atoms with van der Waals surface area (Å²) >= 11 is 6.11. The smallest absolute Gasteiger partial charge is 0.238 e. The van der Waals surface area contributed by atoms with Crippen molar-refractivity contribution >= 4 is 33.3 Å². The molecule has 192 valence electrons. The number of rotatable bonds is 5. The maximum absolute atomic E-state index is 13.4. The maximum atomic E-state index is 13.4. The third-order valence-electron chi connectivity index (χ3n) is 7.31. The topological polar surface area (TPSA) is 119 Å². The van der Waals surface area contributed by atoms with Gasteiger partial charge >= 0.3 is 0 Å². The van der Waals surface area contributed by atoms with Gasteiger partial charge in [-0.2, -0.15) is 0 Å². The van der Waals surface area contributed by atoms with Crippen molar-refractivity contribution in [2.75, 3.05) is 31.1 Å². The van der Waals surface area contributed by atoms with Crippen LogP contribution in [0.4, 0.5) is 10.2 Å². The van der Waals surface area contributed by atoms with Gasteiger partial charge in [0.1, 0.15) is 17.9 Å². The van der Waals surface area contributed by atoms with Crippen molar-refractivity contribution in [1.29, 1.82) is 0 Å². The first kappa shape index (κ1) is 24.1. The molecule has 2 fully saturated rings. The largest absolute Gasteiger partial charge is 0.450 e. The van der Waals surface area contributed by atoms with Crippen molar-refractivity contribution in [3.05, 3.63) is 70.9 Å². The van der Waals surface area contributed by atoms with Crippen LogP contribution in [-0.2, 0) is 21.2 Å². The Morgan fingerprint density at radius 3 is 2.65 bits per heavy atom. The predicted octanol–water partition coefficient (Wildman–Crippen LogP) is 3.09. The Balaban J connectivity index is 1.10. The monoisotopic (exact) mass is 543 g/mol. The second kappa shape index (κ2) is 8.64. The number of anilines is 1. The lowest BCUT2D eigenvalue weighted by Gasteiger charge is -2.60. The van der Waals surface area contributed by atoms with Crippen molar-refractivity contribution in [1.82, 2.24) is 14.9 Å². The molecule has 1 amide bonds. The summed E-state index contributed by atoms with van der Waals surface area (Å²) in [5.74, 6) is 0.692. The lowest BCUT2D eigenvalue weighted by molar-refractivity contribution is -0.146. The molecule has 0 saturated carbocycles. The SMILES string of the molecule is NS(=O)(=O)c1ccc2c(c1)CCC2C(=O)N1CC2(C1)CN(c1ncncc1Oc1ccc(F)cc1Cl)C2. The number of sulfonamides is 1. The predicted molar refractivity (Wildman–Crippen MR) is 134 cm³/mol. The molecule has 1 unspecified atom stereocenters. The Hall–Kier alpha value is -3.28. The van der Waals surface area contributed by atoms with E-state index in [1.807, 2.05) is 4.90 Å². The van der Waals surface area contributed by atoms with Crippen LogP contribution in [0.5, 0.6) is 11.5 Å². The summed E-state index contributed by atoms with van der Waals surface area (Å²) in [7, 11) is -3.78. The van der Waals surface area contributed by atoms with Crippen molar-refractivity contribution < 1.29 is 22.3 Å². The molecule has 2 N–H and O–H groups in total. The summed E-state index contributed by atoms with van der Waals surface area (Å²) in [6.45, 7) is 2.71. The van der Waals surface area contributed by atoms with Crippen molar-refractivity contribution in [2.24, 2.45) is 10.6 Å². The summed E-state index contributed by atoms with van der Waals surface area (Å²) < 4.78 is 42.6. The van der Waals surface area contributed by atoms with Crippen molar-refractivity contribution in [3.8, 4) is 11.5 Å². The van der Waals surface area contributed by atoms with E-state index in [-0.39, 0.29) is 27.2 Å². The van der Waals surface area contributed by atoms with Gasteiger partial charge in [0.15, 0.2) is 11.6 Å². The van der Waals surface area contributed by atoms with Crippen LogP contribution in [0.25, 0.3) is 0 Å². The molecule has 9 nitrogen and oxygen atoms in total. The Morgan fingerprint density at radius 1 is 1.14 bits per heavy atom. The molecule has 1 spiro atoms. The highest BCUT2D eigenvalue weighted by atomic mass is 35.5. The highest BCUT2D eigenvalue weighted by Gasteiger charge is 2.55. The van der Waals surface area contributed by atoms with E-state index in [1.165, 1.54) is 30.6 Å². The van der Waals surface area contributed by atoms with Gasteiger partial charge in [-0.3, -0.25) is 4.79 Å². The number of ether oxygens (including phenoxy) is 1. The van der Waals surface area contributed by atoms with Gasteiger partial charge in [-0.1, -0.05) is 17.7 Å². The average molecular weight is 544 g/mol. The number of primary sulfonamides is 1. The summed E-state index contributed by atoms with van der Waals surface area (Å²) in [5, 5.41) is 5.40. The molecular weight excluding hydrogens is 521 g/mol. The number of hydrogen-bond acceptors (Lipinski definition) is 7. The zero-order valence-corrected chi connectivity index (χ0v) is 21.2. The number of aryl methyl sites for hydroxylation is 1. The van der Waals surface area contributed by atoms with Gasteiger partial charge in [0.05, 0.1) is 22.0 Å². The van der Waals surface area contributed by atoms with Crippen LogP contribution in [0.3, 0.4) is 0 Å². The second-order valence-corrected chi connectivity index (χ2v) is 11.9. The minimum absolute atomic E-state index is 0.00960. The molecule has 1 atom stereocenters. The Labute approximate surface area is 218 Å². The van der Waals surface area contributed by atoms with Crippen LogP contribution < -0.4 is 14.8 Å². The number of carbonyl (C=O) groups is 1. The van der Waals surface area contributed by atoms with Crippen LogP contribution >= 0.6 is 11.6 Å². The maximum Gasteiger partial charge on any atom is 0.238 e. The Kier molecular flexibility index (Phi) is 5.62. The normalized spacial score (nSPS) is 19.8. The van der Waals surface area contributed by atoms with E-state index in [0.717, 1.165) is 11.1 Å². The van der Waals surface area contributed by atoms with Crippen LogP contribution in [-0.4, -0.2) is 55.4 Å². The number of amides is 1. The van der Waals surface area contributed by atoms with Gasteiger partial charge in [-0.05, 0) is 54.3 Å². The van der Waals surface area contributed by atoms with Gasteiger partial charge in [0.2, 0.25) is 15.9 Å². The van der Waals surface area contributed by atoms with E-state index in [9.17, 15) is 17.6 Å². The number of carbonyl (C=O) groups excluding carboxylic acids is 1. The number of likely N-dealkylation sites (tertiary alicyclic amines) is 1. The van der Waals surface area contributed by atoms with E-state index in [4.69, 9.17) is 21.5 Å². The molecule has 3 heterocycles. The van der Waals surface area contributed by atoms with Crippen LogP contribution in [0.2, 0.25) is 5.02 Å². The summed E-state index contributed by atoms with van der Waals surface area (Å²) in [4.78, 5) is 25.7. The molecule has 3 aromatic rings. The highest BCUT2D eigenvalue weighted by molar-refractivity contribution is 7.89. The van der Waals surface area contributed by atoms with E-state index in [1.54, 1.807) is 18.3 Å². The molecule has 37 heavy (non-hydrogen) atoms. The number of nitrogens with two attached hydrogens (primary N) is 1. The zero-order chi connectivity index (χ0) is 25.9. The lowest BCUT2D eigenvalue weighted by atomic mass is 9.72. The van der Waals surface area contributed by atoms with E-state index in [0.29, 0.717) is 56.3 Å². The first-order chi connectivity index (χ1) is 17.6. The fourth-order valence-electron chi connectivity index (χ4n) is 5.58. The summed E-state index contributed by atoms with van der Waals surface area (Å²) in [5.41, 5.74) is 1.74. The van der Waals surface area contributed by atoms with Gasteiger partial charge in [-0.25, -0.2) is 27.9 Å². The van der Waals surface area contributed by atoms with Crippen molar-refractivity contribution in [2.45, 2.75) is 23.7 Å². The molecule has 2 aliphatic heterocycles. The quantitative estimate of drug-likeness (QED) is 0.525. The van der Waals surface area contributed by atoms with Gasteiger partial charge < -0.3 is 14.5 Å². The van der Waals surface area contributed by atoms with Gasteiger partial charge in [-0.15, -0.1) is 0 Å². The Bertz CT molecular complexity index is 1520. The van der Waals surface area contributed by atoms with Crippen LogP contribution in [0.1, 0.15) is 23.5 Å². The number of nitrogens with zero attached hydrogens (tertiary/aromatic N) is 4. The number of halogens is 2. The van der Waals surface area contributed by atoms with Crippen molar-refractivity contribution in [3.63, 3.8) is 0 Å². The molecule has 12 heteroatoms. The lowest BCUT2D eigenvalue weighted by Crippen LogP contribution is -2.73. The van der Waals surface area contributed by atoms with E-state index in [2.05, 4.69) is 14.9 Å². The van der Waals surface area contributed by atoms with E-state index >= 15 is 0 Å². The molecule has 6 rings (SSSR count). The first-order valence-electron chi connectivity index (χ1n) is 11.7. The standard InChI is InChI=1S/C25H23ClFN5O4S/c26-20-8-16(27)2-6-21(20)36-22-9-29-14-30-23(22)31-10-25(11-31)12-32(13-25)24(33)19-4-1-15-7-17(37(28,34)35)3-5-18(15)19/h2-3,5-9,14,19H,1,4,10-13H2,(H2,28,34,35). The molecule has 2 saturated heterocycles. The minimum Gasteiger partial charge on any atom is -0.450 e. The molecule has 3 aliphatic rings. The average Bonchev–Trinajstić information content (AvgIpc) is 3.23. The molecule has 2 aromatic carbocycles. The highest BCUT2D eigenvalue weighted by Crippen LogP contribution is 2.46. The van der Waals surface area contributed by atoms with E-state index < -0.39 is 15.8 Å². The zero-order valence-electron chi connectivity index (χ0n) is 19.6. The number of hydrogen-bond donors (Lipinski definition) is 1. The van der Waals surface area contributed by atoms with Crippen LogP contribution in [0.15, 0.2) is 53.8 Å². The third-order valence-corrected chi connectivity index (χ3v) is 8.51. The molecule has 0 bridgehead atoms.